The maximum atomic E-state index is 10.1. The van der Waals surface area contributed by atoms with Gasteiger partial charge in [-0.1, -0.05) is 12.1 Å². The minimum absolute atomic E-state index is 0.121. The number of rotatable bonds is 4. The first-order chi connectivity index (χ1) is 9.44. The molecule has 5 N–H and O–H groups in total. The lowest BCUT2D eigenvalue weighted by molar-refractivity contribution is -0.122. The van der Waals surface area contributed by atoms with Crippen LogP contribution in [-0.2, 0) is 11.2 Å². The minimum atomic E-state index is -0.586. The molecule has 0 aliphatic rings. The predicted octanol–water partition coefficient (Wildman–Crippen LogP) is 0.468. The Morgan fingerprint density at radius 3 is 2.65 bits per heavy atom. The molecule has 0 spiro atoms. The first-order valence-electron chi connectivity index (χ1n) is 5.61. The zero-order chi connectivity index (χ0) is 15.5. The number of methoxy groups -OCH3 is 1. The van der Waals surface area contributed by atoms with E-state index in [1.165, 1.54) is 7.11 Å². The number of ether oxygens (including phenoxy) is 1. The molecule has 0 fully saturated rings. The Morgan fingerprint density at radius 1 is 1.60 bits per heavy atom. The van der Waals surface area contributed by atoms with Crippen molar-refractivity contribution in [1.29, 1.82) is 0 Å². The topological polar surface area (TPSA) is 105 Å². The summed E-state index contributed by atoms with van der Waals surface area (Å²) >= 11 is 4.27. The molecule has 1 aromatic rings. The van der Waals surface area contributed by atoms with Gasteiger partial charge in [0.15, 0.2) is 16.6 Å². The molecule has 1 aromatic carbocycles. The second kappa shape index (κ2) is 9.76. The highest BCUT2D eigenvalue weighted by atomic mass is 32.1. The average Bonchev–Trinajstić information content (AvgIpc) is 2.41. The Hall–Kier alpha value is -2.12. The highest BCUT2D eigenvalue weighted by Crippen LogP contribution is 2.26. The summed E-state index contributed by atoms with van der Waals surface area (Å²) in [6.45, 7) is 3.04. The maximum absolute atomic E-state index is 10.1. The van der Waals surface area contributed by atoms with Crippen LogP contribution in [0.5, 0.6) is 11.5 Å². The van der Waals surface area contributed by atoms with E-state index < -0.39 is 12.5 Å². The van der Waals surface area contributed by atoms with Crippen LogP contribution in [0, 0.1) is 0 Å². The van der Waals surface area contributed by atoms with E-state index in [1.807, 2.05) is 17.5 Å². The van der Waals surface area contributed by atoms with Gasteiger partial charge in [-0.25, -0.2) is 0 Å². The third-order valence-electron chi connectivity index (χ3n) is 2.03. The normalized spacial score (nSPS) is 8.90. The van der Waals surface area contributed by atoms with Gasteiger partial charge in [-0.15, -0.1) is 6.58 Å². The van der Waals surface area contributed by atoms with Gasteiger partial charge in [0.25, 0.3) is 5.91 Å². The van der Waals surface area contributed by atoms with Gasteiger partial charge in [0.05, 0.1) is 7.11 Å². The van der Waals surface area contributed by atoms with Gasteiger partial charge in [0.2, 0.25) is 0 Å². The fourth-order valence-electron chi connectivity index (χ4n) is 1.19. The van der Waals surface area contributed by atoms with Crippen molar-refractivity contribution in [1.82, 2.24) is 5.32 Å². The lowest BCUT2D eigenvalue weighted by Gasteiger charge is -2.04. The van der Waals surface area contributed by atoms with Crippen LogP contribution >= 0.6 is 12.2 Å². The van der Waals surface area contributed by atoms with E-state index in [-0.39, 0.29) is 10.9 Å². The van der Waals surface area contributed by atoms with Crippen molar-refractivity contribution in [2.45, 2.75) is 6.42 Å². The number of nitrogens with one attached hydrogen (secondary N) is 1. The molecule has 1 amide bonds. The van der Waals surface area contributed by atoms with Gasteiger partial charge in [-0.2, -0.15) is 0 Å². The number of aliphatic hydroxyl groups is 1. The van der Waals surface area contributed by atoms with Gasteiger partial charge >= 0.3 is 0 Å². The molecular formula is C13H18N2O4S. The lowest BCUT2D eigenvalue weighted by Crippen LogP contribution is -2.36. The Morgan fingerprint density at radius 2 is 2.25 bits per heavy atom. The number of amides is 1. The molecule has 20 heavy (non-hydrogen) atoms. The minimum Gasteiger partial charge on any atom is -0.504 e. The van der Waals surface area contributed by atoms with Crippen LogP contribution in [0.4, 0.5) is 0 Å². The molecular weight excluding hydrogens is 280 g/mol. The van der Waals surface area contributed by atoms with E-state index in [9.17, 15) is 9.90 Å². The van der Waals surface area contributed by atoms with Gasteiger partial charge in [0, 0.05) is 0 Å². The molecule has 0 aliphatic carbocycles. The summed E-state index contributed by atoms with van der Waals surface area (Å²) in [5, 5.41) is 19.2. The summed E-state index contributed by atoms with van der Waals surface area (Å²) in [6.07, 6.45) is 2.60. The predicted molar refractivity (Wildman–Crippen MR) is 80.6 cm³/mol. The van der Waals surface area contributed by atoms with Crippen molar-refractivity contribution < 1.29 is 19.7 Å². The van der Waals surface area contributed by atoms with Crippen LogP contribution in [0.15, 0.2) is 30.9 Å². The molecule has 0 aliphatic heterocycles. The Labute approximate surface area is 122 Å². The summed E-state index contributed by atoms with van der Waals surface area (Å²) in [4.78, 5) is 10.1. The summed E-state index contributed by atoms with van der Waals surface area (Å²) in [5.41, 5.74) is 5.94. The Balaban J connectivity index is 0.000000396. The number of aliphatic hydroxyl groups excluding tert-OH is 1. The monoisotopic (exact) mass is 298 g/mol. The van der Waals surface area contributed by atoms with Gasteiger partial charge in [-0.3, -0.25) is 4.79 Å². The molecule has 6 nitrogen and oxygen atoms in total. The van der Waals surface area contributed by atoms with Gasteiger partial charge < -0.3 is 26.0 Å². The van der Waals surface area contributed by atoms with Crippen molar-refractivity contribution in [3.8, 4) is 11.5 Å². The Kier molecular flexibility index (Phi) is 8.73. The molecule has 110 valence electrons. The second-order valence-corrected chi connectivity index (χ2v) is 4.01. The highest BCUT2D eigenvalue weighted by molar-refractivity contribution is 7.80. The zero-order valence-corrected chi connectivity index (χ0v) is 11.9. The summed E-state index contributed by atoms with van der Waals surface area (Å²) in [7, 11) is 1.53. The number of phenolic OH excluding ortho intramolecular Hbond substituents is 1. The van der Waals surface area contributed by atoms with Gasteiger partial charge in [-0.05, 0) is 36.3 Å². The number of carbonyl (C=O) groups is 1. The van der Waals surface area contributed by atoms with E-state index in [1.54, 1.807) is 12.1 Å². The van der Waals surface area contributed by atoms with Crippen LogP contribution < -0.4 is 15.8 Å². The number of thiocarbonyl (C=S) groups is 1. The van der Waals surface area contributed by atoms with Crippen molar-refractivity contribution >= 4 is 23.2 Å². The summed E-state index contributed by atoms with van der Waals surface area (Å²) in [6, 6.07) is 5.27. The SMILES string of the molecule is C=CCc1ccc(O)c(OC)c1.NC(=S)NC(=O)CO. The largest absolute Gasteiger partial charge is 0.504 e. The number of nitrogens with two attached hydrogens (primary N) is 1. The van der Waals surface area contributed by atoms with Crippen LogP contribution in [-0.4, -0.2) is 34.9 Å². The van der Waals surface area contributed by atoms with Crippen molar-refractivity contribution in [3.05, 3.63) is 36.4 Å². The van der Waals surface area contributed by atoms with Crippen LogP contribution in [0.3, 0.4) is 0 Å². The van der Waals surface area contributed by atoms with E-state index in [4.69, 9.17) is 15.6 Å². The number of benzene rings is 1. The third-order valence-corrected chi connectivity index (χ3v) is 2.13. The molecule has 7 heteroatoms. The van der Waals surface area contributed by atoms with Gasteiger partial charge in [0.1, 0.15) is 6.61 Å². The van der Waals surface area contributed by atoms with Crippen molar-refractivity contribution in [3.63, 3.8) is 0 Å². The van der Waals surface area contributed by atoms with Crippen molar-refractivity contribution in [2.75, 3.05) is 13.7 Å². The first kappa shape index (κ1) is 17.9. The van der Waals surface area contributed by atoms with Crippen molar-refractivity contribution in [2.24, 2.45) is 5.73 Å². The molecule has 0 aromatic heterocycles. The zero-order valence-electron chi connectivity index (χ0n) is 11.1. The summed E-state index contributed by atoms with van der Waals surface area (Å²) in [5.74, 6) is 0.0946. The number of hydrogen-bond acceptors (Lipinski definition) is 5. The molecule has 0 saturated heterocycles. The quantitative estimate of drug-likeness (QED) is 0.476. The fraction of sp³-hybridized carbons (Fsp3) is 0.231. The van der Waals surface area contributed by atoms with E-state index >= 15 is 0 Å². The Bertz CT molecular complexity index is 477. The maximum Gasteiger partial charge on any atom is 0.251 e. The van der Waals surface area contributed by atoms with E-state index in [2.05, 4.69) is 18.8 Å². The third kappa shape index (κ3) is 7.34. The molecule has 0 unspecified atom stereocenters. The molecule has 0 heterocycles. The average molecular weight is 298 g/mol. The molecule has 0 radical (unpaired) electrons. The number of phenols is 1. The second-order valence-electron chi connectivity index (χ2n) is 3.57. The number of aromatic hydroxyl groups is 1. The first-order valence-corrected chi connectivity index (χ1v) is 6.02. The fourth-order valence-corrected chi connectivity index (χ4v) is 1.31. The van der Waals surface area contributed by atoms with Crippen LogP contribution in [0.1, 0.15) is 5.56 Å². The van der Waals surface area contributed by atoms with Crippen LogP contribution in [0.2, 0.25) is 0 Å². The standard InChI is InChI=1S/C10H12O2.C3H6N2O2S/c1-3-4-8-5-6-9(11)10(7-8)12-2;4-3(8)5-2(7)1-6/h3,5-7,11H,1,4H2,2H3;6H,1H2,(H3,4,5,7,8). The molecule has 0 atom stereocenters. The van der Waals surface area contributed by atoms with Crippen LogP contribution in [0.25, 0.3) is 0 Å². The van der Waals surface area contributed by atoms with E-state index in [0.717, 1.165) is 12.0 Å². The summed E-state index contributed by atoms with van der Waals surface area (Å²) < 4.78 is 4.95. The lowest BCUT2D eigenvalue weighted by atomic mass is 10.1. The molecule has 0 bridgehead atoms. The number of hydrogen-bond donors (Lipinski definition) is 4. The smallest absolute Gasteiger partial charge is 0.251 e. The molecule has 1 rings (SSSR count). The van der Waals surface area contributed by atoms with E-state index in [0.29, 0.717) is 5.75 Å². The molecule has 0 saturated carbocycles. The number of allylic oxidation sites excluding steroid dienone is 1. The number of carbonyl (C=O) groups excluding carboxylic acids is 1. The highest BCUT2D eigenvalue weighted by Gasteiger charge is 2.00.